The van der Waals surface area contributed by atoms with Crippen LogP contribution < -0.4 is 5.73 Å². The Balaban J connectivity index is 2.85. The van der Waals surface area contributed by atoms with Crippen LogP contribution in [0.2, 0.25) is 0 Å². The fourth-order valence-corrected chi connectivity index (χ4v) is 1.99. The number of rotatable bonds is 6. The van der Waals surface area contributed by atoms with Gasteiger partial charge in [0.1, 0.15) is 24.4 Å². The summed E-state index contributed by atoms with van der Waals surface area (Å²) in [5.41, 5.74) is 7.46. The lowest BCUT2D eigenvalue weighted by Crippen LogP contribution is -2.45. The molecular formula is C16H27NO5. The third kappa shape index (κ3) is 6.27. The molecule has 0 aromatic carbocycles. The van der Waals surface area contributed by atoms with Crippen LogP contribution in [0.3, 0.4) is 0 Å². The van der Waals surface area contributed by atoms with E-state index in [0.717, 1.165) is 11.1 Å². The van der Waals surface area contributed by atoms with Crippen LogP contribution >= 0.6 is 0 Å². The monoisotopic (exact) mass is 313 g/mol. The topological polar surface area (TPSA) is 80.0 Å². The van der Waals surface area contributed by atoms with Crippen molar-refractivity contribution >= 4 is 5.97 Å². The van der Waals surface area contributed by atoms with Crippen molar-refractivity contribution in [3.8, 4) is 0 Å². The van der Waals surface area contributed by atoms with Crippen molar-refractivity contribution in [2.45, 2.75) is 45.1 Å². The van der Waals surface area contributed by atoms with E-state index in [1.807, 2.05) is 13.8 Å². The molecule has 2 N–H and O–H groups in total. The summed E-state index contributed by atoms with van der Waals surface area (Å²) in [6, 6.07) is -0.802. The van der Waals surface area contributed by atoms with E-state index in [1.54, 1.807) is 6.92 Å². The number of nitrogens with two attached hydrogens (primary N) is 1. The first-order valence-corrected chi connectivity index (χ1v) is 7.37. The van der Waals surface area contributed by atoms with Gasteiger partial charge < -0.3 is 24.7 Å². The van der Waals surface area contributed by atoms with E-state index in [1.165, 1.54) is 0 Å². The van der Waals surface area contributed by atoms with E-state index in [4.69, 9.17) is 24.7 Å². The Morgan fingerprint density at radius 2 is 1.82 bits per heavy atom. The molecule has 1 aliphatic rings. The van der Waals surface area contributed by atoms with Crippen molar-refractivity contribution in [1.29, 1.82) is 0 Å². The molecule has 126 valence electrons. The minimum absolute atomic E-state index is 0.0890. The van der Waals surface area contributed by atoms with Crippen LogP contribution in [0, 0.1) is 0 Å². The molecule has 0 saturated carbocycles. The fraction of sp³-hybridized carbons (Fsp3) is 0.688. The third-order valence-corrected chi connectivity index (χ3v) is 3.08. The summed E-state index contributed by atoms with van der Waals surface area (Å²) in [6.07, 6.45) is -1.36. The van der Waals surface area contributed by atoms with Gasteiger partial charge in [-0.1, -0.05) is 24.3 Å². The maximum absolute atomic E-state index is 11.8. The van der Waals surface area contributed by atoms with Crippen molar-refractivity contribution in [1.82, 2.24) is 0 Å². The van der Waals surface area contributed by atoms with Gasteiger partial charge in [0.15, 0.2) is 0 Å². The van der Waals surface area contributed by atoms with Gasteiger partial charge >= 0.3 is 5.97 Å². The Bertz CT molecular complexity index is 409. The SMILES string of the molecule is C=C(C)CO[C@H]1[C@H](C)OC(=O)[C@H](N)COC[C@@H]1OCC(=C)C. The molecule has 22 heavy (non-hydrogen) atoms. The molecular weight excluding hydrogens is 286 g/mol. The number of cyclic esters (lactones) is 1. The zero-order valence-electron chi connectivity index (χ0n) is 13.7. The van der Waals surface area contributed by atoms with Crippen molar-refractivity contribution in [3.05, 3.63) is 24.3 Å². The van der Waals surface area contributed by atoms with Crippen LogP contribution in [0.4, 0.5) is 0 Å². The van der Waals surface area contributed by atoms with Gasteiger partial charge in [-0.05, 0) is 20.8 Å². The van der Waals surface area contributed by atoms with Crippen LogP contribution in [0.5, 0.6) is 0 Å². The molecule has 0 aromatic rings. The van der Waals surface area contributed by atoms with Crippen LogP contribution in [0.25, 0.3) is 0 Å². The lowest BCUT2D eigenvalue weighted by molar-refractivity contribution is -0.165. The predicted molar refractivity (Wildman–Crippen MR) is 83.5 cm³/mol. The standard InChI is InChI=1S/C16H27NO5/c1-10(2)6-20-14-9-19-8-13(17)16(18)22-12(5)15(14)21-7-11(3)4/h12-15H,1,3,6-9,17H2,2,4-5H3/t12-,13+,14-,15-/m0/s1. The second kappa shape index (κ2) is 9.05. The van der Waals surface area contributed by atoms with Gasteiger partial charge in [-0.2, -0.15) is 0 Å². The highest BCUT2D eigenvalue weighted by Crippen LogP contribution is 2.17. The van der Waals surface area contributed by atoms with Crippen LogP contribution in [0.15, 0.2) is 24.3 Å². The molecule has 6 nitrogen and oxygen atoms in total. The quantitative estimate of drug-likeness (QED) is 0.586. The van der Waals surface area contributed by atoms with E-state index in [9.17, 15) is 4.79 Å². The summed E-state index contributed by atoms with van der Waals surface area (Å²) in [6.45, 7) is 14.2. The third-order valence-electron chi connectivity index (χ3n) is 3.08. The number of hydrogen-bond acceptors (Lipinski definition) is 6. The largest absolute Gasteiger partial charge is 0.459 e. The summed E-state index contributed by atoms with van der Waals surface area (Å²) in [4.78, 5) is 11.8. The van der Waals surface area contributed by atoms with Crippen molar-refractivity contribution in [2.75, 3.05) is 26.4 Å². The molecule has 6 heteroatoms. The van der Waals surface area contributed by atoms with E-state index in [0.29, 0.717) is 13.2 Å². The Morgan fingerprint density at radius 1 is 1.23 bits per heavy atom. The number of carbonyl (C=O) groups excluding carboxylic acids is 1. The number of ether oxygens (including phenoxy) is 4. The smallest absolute Gasteiger partial charge is 0.325 e. The first-order valence-electron chi connectivity index (χ1n) is 7.37. The van der Waals surface area contributed by atoms with Gasteiger partial charge in [-0.15, -0.1) is 0 Å². The average Bonchev–Trinajstić information content (AvgIpc) is 2.46. The molecule has 0 unspecified atom stereocenters. The molecule has 0 bridgehead atoms. The first kappa shape index (κ1) is 18.8. The molecule has 1 aliphatic heterocycles. The van der Waals surface area contributed by atoms with Crippen LogP contribution in [0.1, 0.15) is 20.8 Å². The van der Waals surface area contributed by atoms with Crippen molar-refractivity contribution < 1.29 is 23.7 Å². The first-order chi connectivity index (χ1) is 10.3. The van der Waals surface area contributed by atoms with Gasteiger partial charge in [0.25, 0.3) is 0 Å². The molecule has 1 fully saturated rings. The number of esters is 1. The summed E-state index contributed by atoms with van der Waals surface area (Å²) in [5.74, 6) is -0.503. The minimum atomic E-state index is -0.802. The van der Waals surface area contributed by atoms with Gasteiger partial charge in [-0.3, -0.25) is 4.79 Å². The Labute approximate surface area is 132 Å². The average molecular weight is 313 g/mol. The summed E-state index contributed by atoms with van der Waals surface area (Å²) in [5, 5.41) is 0. The lowest BCUT2D eigenvalue weighted by Gasteiger charge is -2.30. The Hall–Kier alpha value is -1.21. The molecule has 0 spiro atoms. The second-order valence-corrected chi connectivity index (χ2v) is 5.83. The van der Waals surface area contributed by atoms with Crippen molar-refractivity contribution in [2.24, 2.45) is 5.73 Å². The zero-order valence-corrected chi connectivity index (χ0v) is 13.7. The van der Waals surface area contributed by atoms with E-state index >= 15 is 0 Å². The summed E-state index contributed by atoms with van der Waals surface area (Å²) >= 11 is 0. The van der Waals surface area contributed by atoms with Gasteiger partial charge in [0.05, 0.1) is 26.4 Å². The molecule has 0 aromatic heterocycles. The highest BCUT2D eigenvalue weighted by atomic mass is 16.6. The molecule has 1 rings (SSSR count). The molecule has 1 saturated heterocycles. The summed E-state index contributed by atoms with van der Waals surface area (Å²) in [7, 11) is 0. The zero-order chi connectivity index (χ0) is 16.7. The molecule has 0 aliphatic carbocycles. The minimum Gasteiger partial charge on any atom is -0.459 e. The number of carbonyl (C=O) groups is 1. The summed E-state index contributed by atoms with van der Waals surface area (Å²) < 4.78 is 22.5. The molecule has 0 radical (unpaired) electrons. The lowest BCUT2D eigenvalue weighted by atomic mass is 10.1. The normalized spacial score (nSPS) is 29.9. The van der Waals surface area contributed by atoms with E-state index in [-0.39, 0.29) is 19.3 Å². The molecule has 0 amide bonds. The van der Waals surface area contributed by atoms with E-state index in [2.05, 4.69) is 13.2 Å². The van der Waals surface area contributed by atoms with Gasteiger partial charge in [0.2, 0.25) is 0 Å². The maximum Gasteiger partial charge on any atom is 0.325 e. The highest BCUT2D eigenvalue weighted by Gasteiger charge is 2.34. The molecule has 4 atom stereocenters. The highest BCUT2D eigenvalue weighted by molar-refractivity contribution is 5.75. The molecule has 1 heterocycles. The van der Waals surface area contributed by atoms with Crippen molar-refractivity contribution in [3.63, 3.8) is 0 Å². The van der Waals surface area contributed by atoms with Crippen LogP contribution in [-0.2, 0) is 23.7 Å². The van der Waals surface area contributed by atoms with Gasteiger partial charge in [0, 0.05) is 0 Å². The predicted octanol–water partition coefficient (Wildman–Crippen LogP) is 1.20. The Kier molecular flexibility index (Phi) is 7.75. The number of hydrogen-bond donors (Lipinski definition) is 1. The van der Waals surface area contributed by atoms with Gasteiger partial charge in [-0.25, -0.2) is 0 Å². The van der Waals surface area contributed by atoms with E-state index < -0.39 is 24.2 Å². The maximum atomic E-state index is 11.8. The van der Waals surface area contributed by atoms with Crippen LogP contribution in [-0.4, -0.2) is 56.8 Å². The second-order valence-electron chi connectivity index (χ2n) is 5.83. The fourth-order valence-electron chi connectivity index (χ4n) is 1.99. The Morgan fingerprint density at radius 3 is 2.41 bits per heavy atom.